The molecule has 5 heteroatoms. The highest BCUT2D eigenvalue weighted by Crippen LogP contribution is 2.40. The monoisotopic (exact) mass is 319 g/mol. The highest BCUT2D eigenvalue weighted by atomic mass is 35.5. The van der Waals surface area contributed by atoms with Crippen LogP contribution in [0.2, 0.25) is 0 Å². The molecule has 0 radical (unpaired) electrons. The molecule has 1 N–H and O–H groups in total. The molecule has 2 fully saturated rings. The van der Waals surface area contributed by atoms with Gasteiger partial charge < -0.3 is 9.88 Å². The number of likely N-dealkylation sites (tertiary alicyclic amines) is 1. The van der Waals surface area contributed by atoms with Gasteiger partial charge in [0, 0.05) is 42.2 Å². The summed E-state index contributed by atoms with van der Waals surface area (Å²) in [6.07, 6.45) is 5.14. The Morgan fingerprint density at radius 1 is 1.45 bits per heavy atom. The van der Waals surface area contributed by atoms with Gasteiger partial charge >= 0.3 is 0 Å². The molecule has 1 amide bonds. The fraction of sp³-hybridized carbons (Fsp3) is 0.529. The number of halogens is 1. The Morgan fingerprint density at radius 3 is 3.00 bits per heavy atom. The molecule has 0 bridgehead atoms. The van der Waals surface area contributed by atoms with E-state index in [1.54, 1.807) is 0 Å². The summed E-state index contributed by atoms with van der Waals surface area (Å²) in [5.41, 5.74) is 2.18. The number of fused-ring (bicyclic) bond motifs is 1. The van der Waals surface area contributed by atoms with Gasteiger partial charge in [-0.2, -0.15) is 0 Å². The summed E-state index contributed by atoms with van der Waals surface area (Å²) in [6.45, 7) is 3.96. The van der Waals surface area contributed by atoms with Gasteiger partial charge in [-0.1, -0.05) is 6.92 Å². The number of aromatic nitrogens is 2. The molecule has 1 saturated heterocycles. The third-order valence-corrected chi connectivity index (χ3v) is 5.01. The average molecular weight is 320 g/mol. The standard InChI is InChI=1S/C17H21N3O.ClH/c1-11-8-14(11)17(21)20-7-3-5-13(10-20)15-9-12-4-2-6-18-16(12)19-15;/h2,4,6,9,11,13-14H,3,5,7-8,10H2,1H3,(H,18,19);1H. The minimum Gasteiger partial charge on any atom is -0.343 e. The summed E-state index contributed by atoms with van der Waals surface area (Å²) in [6, 6.07) is 6.24. The van der Waals surface area contributed by atoms with Gasteiger partial charge in [-0.15, -0.1) is 12.4 Å². The maximum Gasteiger partial charge on any atom is 0.225 e. The van der Waals surface area contributed by atoms with Gasteiger partial charge in [0.2, 0.25) is 5.91 Å². The minimum atomic E-state index is 0. The van der Waals surface area contributed by atoms with Crippen LogP contribution in [0, 0.1) is 11.8 Å². The zero-order valence-corrected chi connectivity index (χ0v) is 13.6. The molecule has 0 aromatic carbocycles. The number of nitrogens with zero attached hydrogens (tertiary/aromatic N) is 2. The molecule has 2 aliphatic rings. The van der Waals surface area contributed by atoms with Crippen LogP contribution in [0.4, 0.5) is 0 Å². The summed E-state index contributed by atoms with van der Waals surface area (Å²) in [5, 5.41) is 1.16. The summed E-state index contributed by atoms with van der Waals surface area (Å²) >= 11 is 0. The zero-order valence-electron chi connectivity index (χ0n) is 12.8. The maximum absolute atomic E-state index is 12.4. The van der Waals surface area contributed by atoms with Gasteiger partial charge in [0.1, 0.15) is 5.65 Å². The van der Waals surface area contributed by atoms with Crippen molar-refractivity contribution in [3.8, 4) is 0 Å². The largest absolute Gasteiger partial charge is 0.343 e. The van der Waals surface area contributed by atoms with Crippen molar-refractivity contribution in [1.29, 1.82) is 0 Å². The van der Waals surface area contributed by atoms with Crippen molar-refractivity contribution in [2.45, 2.75) is 32.1 Å². The van der Waals surface area contributed by atoms with Gasteiger partial charge in [-0.3, -0.25) is 4.79 Å². The Kier molecular flexibility index (Phi) is 4.13. The van der Waals surface area contributed by atoms with Crippen molar-refractivity contribution in [3.63, 3.8) is 0 Å². The second-order valence-corrected chi connectivity index (χ2v) is 6.61. The van der Waals surface area contributed by atoms with Crippen molar-refractivity contribution >= 4 is 29.3 Å². The predicted octanol–water partition coefficient (Wildman–Crippen LogP) is 3.35. The highest BCUT2D eigenvalue weighted by Gasteiger charge is 2.42. The van der Waals surface area contributed by atoms with Crippen molar-refractivity contribution in [3.05, 3.63) is 30.1 Å². The van der Waals surface area contributed by atoms with E-state index in [-0.39, 0.29) is 12.4 Å². The Bertz CT molecular complexity index is 650. The van der Waals surface area contributed by atoms with Crippen LogP contribution >= 0.6 is 12.4 Å². The van der Waals surface area contributed by atoms with E-state index in [4.69, 9.17) is 0 Å². The van der Waals surface area contributed by atoms with E-state index in [2.05, 4.69) is 33.9 Å². The van der Waals surface area contributed by atoms with E-state index < -0.39 is 0 Å². The molecule has 3 heterocycles. The Morgan fingerprint density at radius 2 is 2.27 bits per heavy atom. The van der Waals surface area contributed by atoms with Crippen molar-refractivity contribution in [1.82, 2.24) is 14.9 Å². The fourth-order valence-corrected chi connectivity index (χ4v) is 3.53. The second-order valence-electron chi connectivity index (χ2n) is 6.61. The van der Waals surface area contributed by atoms with Crippen LogP contribution in [0.25, 0.3) is 11.0 Å². The van der Waals surface area contributed by atoms with Crippen LogP contribution in [-0.4, -0.2) is 33.9 Å². The van der Waals surface area contributed by atoms with E-state index >= 15 is 0 Å². The minimum absolute atomic E-state index is 0. The summed E-state index contributed by atoms with van der Waals surface area (Å²) in [7, 11) is 0. The number of H-pyrrole nitrogens is 1. The number of carbonyl (C=O) groups is 1. The Hall–Kier alpha value is -1.55. The lowest BCUT2D eigenvalue weighted by Gasteiger charge is -2.32. The number of amides is 1. The van der Waals surface area contributed by atoms with Crippen molar-refractivity contribution in [2.75, 3.05) is 13.1 Å². The number of rotatable bonds is 2. The van der Waals surface area contributed by atoms with Gasteiger partial charge in [-0.25, -0.2) is 4.98 Å². The number of pyridine rings is 1. The third-order valence-electron chi connectivity index (χ3n) is 5.01. The Labute approximate surface area is 136 Å². The molecule has 1 aliphatic carbocycles. The van der Waals surface area contributed by atoms with Crippen LogP contribution in [0.15, 0.2) is 24.4 Å². The molecule has 1 saturated carbocycles. The number of aromatic amines is 1. The van der Waals surface area contributed by atoms with Crippen molar-refractivity contribution in [2.24, 2.45) is 11.8 Å². The topological polar surface area (TPSA) is 49.0 Å². The van der Waals surface area contributed by atoms with Crippen LogP contribution in [0.1, 0.15) is 37.8 Å². The van der Waals surface area contributed by atoms with Gasteiger partial charge in [-0.05, 0) is 43.4 Å². The van der Waals surface area contributed by atoms with E-state index in [0.717, 1.165) is 43.4 Å². The number of piperidine rings is 1. The molecule has 2 aromatic rings. The third kappa shape index (κ3) is 2.72. The molecule has 22 heavy (non-hydrogen) atoms. The summed E-state index contributed by atoms with van der Waals surface area (Å²) in [4.78, 5) is 22.3. The first-order chi connectivity index (χ1) is 10.2. The molecular weight excluding hydrogens is 298 g/mol. The van der Waals surface area contributed by atoms with E-state index in [9.17, 15) is 4.79 Å². The van der Waals surface area contributed by atoms with E-state index in [1.165, 1.54) is 5.69 Å². The predicted molar refractivity (Wildman–Crippen MR) is 89.2 cm³/mol. The smallest absolute Gasteiger partial charge is 0.225 e. The molecule has 3 unspecified atom stereocenters. The first kappa shape index (κ1) is 15.3. The maximum atomic E-state index is 12.4. The van der Waals surface area contributed by atoms with Crippen molar-refractivity contribution < 1.29 is 4.79 Å². The number of carbonyl (C=O) groups excluding carboxylic acids is 1. The molecule has 118 valence electrons. The molecule has 1 aliphatic heterocycles. The highest BCUT2D eigenvalue weighted by molar-refractivity contribution is 5.85. The summed E-state index contributed by atoms with van der Waals surface area (Å²) < 4.78 is 0. The second kappa shape index (κ2) is 5.92. The lowest BCUT2D eigenvalue weighted by atomic mass is 9.94. The summed E-state index contributed by atoms with van der Waals surface area (Å²) in [5.74, 6) is 1.69. The van der Waals surface area contributed by atoms with Crippen LogP contribution < -0.4 is 0 Å². The lowest BCUT2D eigenvalue weighted by Crippen LogP contribution is -2.40. The number of hydrogen-bond donors (Lipinski definition) is 1. The molecule has 2 aromatic heterocycles. The molecule has 3 atom stereocenters. The SMILES string of the molecule is CC1CC1C(=O)N1CCCC(c2cc3cccnc3[nH]2)C1.Cl. The Balaban J connectivity index is 0.00000144. The lowest BCUT2D eigenvalue weighted by molar-refractivity contribution is -0.134. The number of hydrogen-bond acceptors (Lipinski definition) is 2. The van der Waals surface area contributed by atoms with E-state index in [0.29, 0.717) is 23.7 Å². The first-order valence-corrected chi connectivity index (χ1v) is 7.95. The average Bonchev–Trinajstić information content (AvgIpc) is 3.09. The van der Waals surface area contributed by atoms with Crippen LogP contribution in [0.3, 0.4) is 0 Å². The molecule has 0 spiro atoms. The normalized spacial score (nSPS) is 27.5. The van der Waals surface area contributed by atoms with E-state index in [1.807, 2.05) is 12.3 Å². The molecule has 4 rings (SSSR count). The molecular formula is C17H22ClN3O. The molecule has 4 nitrogen and oxygen atoms in total. The van der Waals surface area contributed by atoms with Gasteiger partial charge in [0.25, 0.3) is 0 Å². The zero-order chi connectivity index (χ0) is 14.4. The van der Waals surface area contributed by atoms with Crippen LogP contribution in [-0.2, 0) is 4.79 Å². The quantitative estimate of drug-likeness (QED) is 0.923. The number of nitrogens with one attached hydrogen (secondary N) is 1. The first-order valence-electron chi connectivity index (χ1n) is 7.95. The van der Waals surface area contributed by atoms with Gasteiger partial charge in [0.05, 0.1) is 0 Å². The van der Waals surface area contributed by atoms with Gasteiger partial charge in [0.15, 0.2) is 0 Å². The fourth-order valence-electron chi connectivity index (χ4n) is 3.53. The van der Waals surface area contributed by atoms with Crippen LogP contribution in [0.5, 0.6) is 0 Å².